The van der Waals surface area contributed by atoms with E-state index in [0.29, 0.717) is 0 Å². The highest BCUT2D eigenvalue weighted by Crippen LogP contribution is 2.30. The molecule has 1 aliphatic carbocycles. The van der Waals surface area contributed by atoms with Crippen LogP contribution in [0.5, 0.6) is 0 Å². The lowest BCUT2D eigenvalue weighted by Gasteiger charge is -2.10. The Morgan fingerprint density at radius 2 is 2.23 bits per heavy atom. The highest BCUT2D eigenvalue weighted by molar-refractivity contribution is 7.15. The van der Waals surface area contributed by atoms with Gasteiger partial charge in [0.1, 0.15) is 4.34 Å². The van der Waals surface area contributed by atoms with Crippen molar-refractivity contribution in [1.29, 1.82) is 0 Å². The van der Waals surface area contributed by atoms with Crippen molar-refractivity contribution in [2.24, 2.45) is 5.92 Å². The zero-order chi connectivity index (χ0) is 9.10. The summed E-state index contributed by atoms with van der Waals surface area (Å²) < 4.78 is 0.887. The van der Waals surface area contributed by atoms with Crippen molar-refractivity contribution < 1.29 is 0 Å². The first-order chi connectivity index (χ1) is 6.36. The molecular formula is C10H14ClNS. The van der Waals surface area contributed by atoms with Crippen molar-refractivity contribution in [3.05, 3.63) is 15.8 Å². The smallest absolute Gasteiger partial charge is 0.116 e. The summed E-state index contributed by atoms with van der Waals surface area (Å²) in [6.45, 7) is 1.09. The lowest BCUT2D eigenvalue weighted by molar-refractivity contribution is 0.580. The number of rotatable bonds is 3. The van der Waals surface area contributed by atoms with Gasteiger partial charge in [-0.25, -0.2) is 0 Å². The van der Waals surface area contributed by atoms with Crippen molar-refractivity contribution in [2.75, 3.05) is 11.9 Å². The Labute approximate surface area is 88.1 Å². The minimum Gasteiger partial charge on any atom is -0.383 e. The van der Waals surface area contributed by atoms with Crippen LogP contribution in [-0.4, -0.2) is 6.54 Å². The fraction of sp³-hybridized carbons (Fsp3) is 0.600. The standard InChI is InChI=1S/C10H14ClNS/c11-10-9(5-6-13-10)12-7-8-3-1-2-4-8/h5-6,8,12H,1-4,7H2. The summed E-state index contributed by atoms with van der Waals surface area (Å²) in [7, 11) is 0. The molecule has 0 radical (unpaired) electrons. The molecule has 13 heavy (non-hydrogen) atoms. The average Bonchev–Trinajstić information content (AvgIpc) is 2.72. The zero-order valence-corrected chi connectivity index (χ0v) is 9.13. The van der Waals surface area contributed by atoms with Gasteiger partial charge in [0.2, 0.25) is 0 Å². The maximum absolute atomic E-state index is 5.98. The normalized spacial score (nSPS) is 17.9. The second-order valence-corrected chi connectivity index (χ2v) is 5.16. The lowest BCUT2D eigenvalue weighted by atomic mass is 10.1. The van der Waals surface area contributed by atoms with Crippen LogP contribution >= 0.6 is 22.9 Å². The Morgan fingerprint density at radius 1 is 1.46 bits per heavy atom. The third-order valence-corrected chi connectivity index (χ3v) is 3.84. The molecule has 0 bridgehead atoms. The van der Waals surface area contributed by atoms with E-state index in [9.17, 15) is 0 Å². The molecule has 0 atom stereocenters. The van der Waals surface area contributed by atoms with Gasteiger partial charge in [-0.2, -0.15) is 0 Å². The molecule has 72 valence electrons. The van der Waals surface area contributed by atoms with Crippen LogP contribution in [-0.2, 0) is 0 Å². The molecule has 0 unspecified atom stereocenters. The SMILES string of the molecule is Clc1sccc1NCC1CCCC1. The van der Waals surface area contributed by atoms with E-state index in [1.807, 2.05) is 5.38 Å². The van der Waals surface area contributed by atoms with Crippen molar-refractivity contribution in [2.45, 2.75) is 25.7 Å². The number of thiophene rings is 1. The number of anilines is 1. The number of hydrogen-bond acceptors (Lipinski definition) is 2. The van der Waals surface area contributed by atoms with Gasteiger partial charge in [-0.15, -0.1) is 11.3 Å². The van der Waals surface area contributed by atoms with Crippen LogP contribution in [0.3, 0.4) is 0 Å². The third kappa shape index (κ3) is 2.38. The van der Waals surface area contributed by atoms with Gasteiger partial charge in [-0.3, -0.25) is 0 Å². The maximum atomic E-state index is 5.98. The van der Waals surface area contributed by atoms with Gasteiger partial charge in [-0.1, -0.05) is 24.4 Å². The first-order valence-electron chi connectivity index (χ1n) is 4.83. The van der Waals surface area contributed by atoms with Gasteiger partial charge < -0.3 is 5.32 Å². The van der Waals surface area contributed by atoms with E-state index in [0.717, 1.165) is 22.5 Å². The number of nitrogens with one attached hydrogen (secondary N) is 1. The van der Waals surface area contributed by atoms with E-state index in [1.165, 1.54) is 25.7 Å². The molecule has 2 rings (SSSR count). The van der Waals surface area contributed by atoms with Crippen molar-refractivity contribution in [3.63, 3.8) is 0 Å². The summed E-state index contributed by atoms with van der Waals surface area (Å²) in [4.78, 5) is 0. The summed E-state index contributed by atoms with van der Waals surface area (Å²) in [5.74, 6) is 0.871. The van der Waals surface area contributed by atoms with Crippen LogP contribution < -0.4 is 5.32 Å². The first kappa shape index (κ1) is 9.35. The van der Waals surface area contributed by atoms with E-state index in [1.54, 1.807) is 11.3 Å². The van der Waals surface area contributed by atoms with Gasteiger partial charge in [0.25, 0.3) is 0 Å². The summed E-state index contributed by atoms with van der Waals surface area (Å²) in [6, 6.07) is 2.06. The van der Waals surface area contributed by atoms with Crippen molar-refractivity contribution in [3.8, 4) is 0 Å². The van der Waals surface area contributed by atoms with Crippen LogP contribution in [0.25, 0.3) is 0 Å². The molecular weight excluding hydrogens is 202 g/mol. The van der Waals surface area contributed by atoms with Gasteiger partial charge in [0, 0.05) is 6.54 Å². The van der Waals surface area contributed by atoms with E-state index in [2.05, 4.69) is 11.4 Å². The molecule has 0 spiro atoms. The Kier molecular flexibility index (Phi) is 3.12. The number of halogens is 1. The molecule has 0 amide bonds. The molecule has 1 heterocycles. The Hall–Kier alpha value is -0.210. The molecule has 1 aromatic heterocycles. The summed E-state index contributed by atoms with van der Waals surface area (Å²) >= 11 is 7.57. The van der Waals surface area contributed by atoms with Gasteiger partial charge in [0.05, 0.1) is 5.69 Å². The predicted octanol–water partition coefficient (Wildman–Crippen LogP) is 4.00. The van der Waals surface area contributed by atoms with Crippen molar-refractivity contribution >= 4 is 28.6 Å². The number of hydrogen-bond donors (Lipinski definition) is 1. The topological polar surface area (TPSA) is 12.0 Å². The quantitative estimate of drug-likeness (QED) is 0.804. The average molecular weight is 216 g/mol. The summed E-state index contributed by atoms with van der Waals surface area (Å²) in [6.07, 6.45) is 5.58. The largest absolute Gasteiger partial charge is 0.383 e. The molecule has 1 fully saturated rings. The van der Waals surface area contributed by atoms with E-state index < -0.39 is 0 Å². The minimum absolute atomic E-state index is 0.871. The van der Waals surface area contributed by atoms with Gasteiger partial charge in [0.15, 0.2) is 0 Å². The van der Waals surface area contributed by atoms with E-state index >= 15 is 0 Å². The lowest BCUT2D eigenvalue weighted by Crippen LogP contribution is -2.10. The third-order valence-electron chi connectivity index (χ3n) is 2.67. The van der Waals surface area contributed by atoms with Crippen LogP contribution in [0.15, 0.2) is 11.4 Å². The molecule has 0 aliphatic heterocycles. The molecule has 1 saturated carbocycles. The molecule has 0 aromatic carbocycles. The monoisotopic (exact) mass is 215 g/mol. The Bertz CT molecular complexity index is 266. The van der Waals surface area contributed by atoms with Gasteiger partial charge >= 0.3 is 0 Å². The highest BCUT2D eigenvalue weighted by Gasteiger charge is 2.14. The first-order valence-corrected chi connectivity index (χ1v) is 6.09. The summed E-state index contributed by atoms with van der Waals surface area (Å²) in [5.41, 5.74) is 1.11. The zero-order valence-electron chi connectivity index (χ0n) is 7.55. The molecule has 1 aliphatic rings. The Balaban J connectivity index is 1.82. The van der Waals surface area contributed by atoms with E-state index in [-0.39, 0.29) is 0 Å². The van der Waals surface area contributed by atoms with Crippen LogP contribution in [0.1, 0.15) is 25.7 Å². The van der Waals surface area contributed by atoms with Crippen molar-refractivity contribution in [1.82, 2.24) is 0 Å². The maximum Gasteiger partial charge on any atom is 0.116 e. The second-order valence-electron chi connectivity index (χ2n) is 3.64. The molecule has 0 saturated heterocycles. The second kappa shape index (κ2) is 4.34. The molecule has 1 N–H and O–H groups in total. The van der Waals surface area contributed by atoms with Crippen LogP contribution in [0.4, 0.5) is 5.69 Å². The molecule has 1 aromatic rings. The molecule has 3 heteroatoms. The Morgan fingerprint density at radius 3 is 2.85 bits per heavy atom. The predicted molar refractivity (Wildman–Crippen MR) is 59.8 cm³/mol. The summed E-state index contributed by atoms with van der Waals surface area (Å²) in [5, 5.41) is 5.44. The fourth-order valence-corrected chi connectivity index (χ4v) is 2.76. The van der Waals surface area contributed by atoms with Crippen LogP contribution in [0.2, 0.25) is 4.34 Å². The highest BCUT2D eigenvalue weighted by atomic mass is 35.5. The fourth-order valence-electron chi connectivity index (χ4n) is 1.89. The van der Waals surface area contributed by atoms with Gasteiger partial charge in [-0.05, 0) is 30.2 Å². The van der Waals surface area contributed by atoms with Crippen LogP contribution in [0, 0.1) is 5.92 Å². The molecule has 1 nitrogen and oxygen atoms in total. The minimum atomic E-state index is 0.871. The van der Waals surface area contributed by atoms with E-state index in [4.69, 9.17) is 11.6 Å².